The SMILES string of the molecule is CCOC(=O)Cc1cc(-c2ccc(F)cc2)cc2[nH]c3cccc(-c4ccsc4)c3c12. The van der Waals surface area contributed by atoms with Crippen molar-refractivity contribution >= 4 is 39.1 Å². The number of aromatic nitrogens is 1. The largest absolute Gasteiger partial charge is 0.466 e. The van der Waals surface area contributed by atoms with Gasteiger partial charge in [0.2, 0.25) is 0 Å². The molecule has 0 atom stereocenters. The van der Waals surface area contributed by atoms with E-state index in [-0.39, 0.29) is 18.2 Å². The molecule has 0 aliphatic rings. The summed E-state index contributed by atoms with van der Waals surface area (Å²) in [6.07, 6.45) is 0.171. The van der Waals surface area contributed by atoms with Gasteiger partial charge < -0.3 is 9.72 Å². The summed E-state index contributed by atoms with van der Waals surface area (Å²) in [5.74, 6) is -0.537. The van der Waals surface area contributed by atoms with Crippen molar-refractivity contribution in [3.63, 3.8) is 0 Å². The van der Waals surface area contributed by atoms with Crippen LogP contribution in [0, 0.1) is 5.82 Å². The van der Waals surface area contributed by atoms with Crippen molar-refractivity contribution in [2.75, 3.05) is 6.61 Å². The van der Waals surface area contributed by atoms with E-state index in [0.29, 0.717) is 6.61 Å². The molecule has 0 bridgehead atoms. The molecule has 3 nitrogen and oxygen atoms in total. The number of benzene rings is 3. The molecule has 0 unspecified atom stereocenters. The van der Waals surface area contributed by atoms with Gasteiger partial charge in [-0.15, -0.1) is 0 Å². The summed E-state index contributed by atoms with van der Waals surface area (Å²) in [4.78, 5) is 16.0. The predicted octanol–water partition coefficient (Wildman–Crippen LogP) is 6.96. The van der Waals surface area contributed by atoms with Gasteiger partial charge >= 0.3 is 5.97 Å². The topological polar surface area (TPSA) is 42.1 Å². The summed E-state index contributed by atoms with van der Waals surface area (Å²) in [5.41, 5.74) is 6.95. The first-order valence-corrected chi connectivity index (χ1v) is 11.1. The maximum absolute atomic E-state index is 13.4. The summed E-state index contributed by atoms with van der Waals surface area (Å²) < 4.78 is 18.7. The Hall–Kier alpha value is -3.44. The Kier molecular flexibility index (Phi) is 5.04. The van der Waals surface area contributed by atoms with E-state index in [1.54, 1.807) is 23.5 Å². The highest BCUT2D eigenvalue weighted by Crippen LogP contribution is 2.39. The molecule has 0 aliphatic heterocycles. The van der Waals surface area contributed by atoms with Gasteiger partial charge in [0.25, 0.3) is 0 Å². The summed E-state index contributed by atoms with van der Waals surface area (Å²) >= 11 is 1.66. The van der Waals surface area contributed by atoms with Gasteiger partial charge in [0.05, 0.1) is 13.0 Å². The van der Waals surface area contributed by atoms with Gasteiger partial charge in [-0.2, -0.15) is 11.3 Å². The molecule has 0 fully saturated rings. The van der Waals surface area contributed by atoms with Crippen LogP contribution in [0.1, 0.15) is 12.5 Å². The van der Waals surface area contributed by atoms with Gasteiger partial charge in [0.15, 0.2) is 0 Å². The zero-order valence-corrected chi connectivity index (χ0v) is 17.8. The lowest BCUT2D eigenvalue weighted by molar-refractivity contribution is -0.142. The van der Waals surface area contributed by atoms with E-state index in [1.165, 1.54) is 12.1 Å². The van der Waals surface area contributed by atoms with Crippen LogP contribution in [0.5, 0.6) is 0 Å². The third-order valence-electron chi connectivity index (χ3n) is 5.45. The molecule has 0 radical (unpaired) electrons. The summed E-state index contributed by atoms with van der Waals surface area (Å²) in [6, 6.07) is 18.8. The number of nitrogens with one attached hydrogen (secondary N) is 1. The number of hydrogen-bond acceptors (Lipinski definition) is 3. The quantitative estimate of drug-likeness (QED) is 0.307. The fraction of sp³-hybridized carbons (Fsp3) is 0.115. The van der Waals surface area contributed by atoms with Crippen molar-refractivity contribution < 1.29 is 13.9 Å². The molecule has 3 aromatic carbocycles. The minimum atomic E-state index is -0.275. The average Bonchev–Trinajstić information content (AvgIpc) is 3.42. The van der Waals surface area contributed by atoms with E-state index in [1.807, 2.05) is 19.1 Å². The maximum Gasteiger partial charge on any atom is 0.310 e. The highest BCUT2D eigenvalue weighted by atomic mass is 32.1. The second-order valence-electron chi connectivity index (χ2n) is 7.41. The van der Waals surface area contributed by atoms with Crippen molar-refractivity contribution in [2.45, 2.75) is 13.3 Å². The molecule has 0 saturated heterocycles. The predicted molar refractivity (Wildman–Crippen MR) is 125 cm³/mol. The zero-order valence-electron chi connectivity index (χ0n) is 16.9. The molecule has 1 N–H and O–H groups in total. The molecule has 0 spiro atoms. The van der Waals surface area contributed by atoms with E-state index < -0.39 is 0 Å². The number of halogens is 1. The van der Waals surface area contributed by atoms with Crippen LogP contribution >= 0.6 is 11.3 Å². The summed E-state index contributed by atoms with van der Waals surface area (Å²) in [7, 11) is 0. The highest BCUT2D eigenvalue weighted by molar-refractivity contribution is 7.08. The van der Waals surface area contributed by atoms with Crippen LogP contribution in [-0.4, -0.2) is 17.6 Å². The van der Waals surface area contributed by atoms with Gasteiger partial charge in [-0.3, -0.25) is 4.79 Å². The van der Waals surface area contributed by atoms with Crippen LogP contribution < -0.4 is 0 Å². The van der Waals surface area contributed by atoms with Crippen molar-refractivity contribution in [3.8, 4) is 22.3 Å². The van der Waals surface area contributed by atoms with Crippen molar-refractivity contribution in [1.29, 1.82) is 0 Å². The minimum absolute atomic E-state index is 0.171. The van der Waals surface area contributed by atoms with Crippen LogP contribution in [0.15, 0.2) is 71.4 Å². The summed E-state index contributed by atoms with van der Waals surface area (Å²) in [5, 5.41) is 6.32. The number of rotatable bonds is 5. The number of fused-ring (bicyclic) bond motifs is 3. The first-order chi connectivity index (χ1) is 15.1. The Balaban J connectivity index is 1.79. The molecule has 0 aliphatic carbocycles. The Morgan fingerprint density at radius 3 is 2.55 bits per heavy atom. The molecule has 0 amide bonds. The molecule has 5 heteroatoms. The number of thiophene rings is 1. The van der Waals surface area contributed by atoms with Crippen molar-refractivity contribution in [1.82, 2.24) is 4.98 Å². The lowest BCUT2D eigenvalue weighted by atomic mass is 9.94. The molecule has 5 rings (SSSR count). The van der Waals surface area contributed by atoms with Crippen LogP contribution in [0.2, 0.25) is 0 Å². The summed E-state index contributed by atoms with van der Waals surface area (Å²) in [6.45, 7) is 2.15. The van der Waals surface area contributed by atoms with Gasteiger partial charge in [0.1, 0.15) is 5.82 Å². The van der Waals surface area contributed by atoms with Crippen molar-refractivity contribution in [3.05, 3.63) is 82.8 Å². The average molecular weight is 430 g/mol. The number of H-pyrrole nitrogens is 1. The number of aromatic amines is 1. The number of hydrogen-bond donors (Lipinski definition) is 1. The fourth-order valence-corrected chi connectivity index (χ4v) is 4.80. The molecule has 0 saturated carbocycles. The van der Waals surface area contributed by atoms with Gasteiger partial charge in [-0.25, -0.2) is 4.39 Å². The van der Waals surface area contributed by atoms with Crippen LogP contribution in [-0.2, 0) is 16.0 Å². The smallest absolute Gasteiger partial charge is 0.310 e. The van der Waals surface area contributed by atoms with E-state index in [2.05, 4.69) is 40.0 Å². The second kappa shape index (κ2) is 8.00. The molecule has 154 valence electrons. The third kappa shape index (κ3) is 3.62. The fourth-order valence-electron chi connectivity index (χ4n) is 4.14. The van der Waals surface area contributed by atoms with Gasteiger partial charge in [-0.1, -0.05) is 24.3 Å². The molecular formula is C26H20FNO2S. The molecule has 5 aromatic rings. The standard InChI is InChI=1S/C26H20FNO2S/c1-2-30-24(29)14-19-12-18(16-6-8-20(27)9-7-16)13-23-25(19)26-21(17-10-11-31-15-17)4-3-5-22(26)28-23/h3-13,15,28H,2,14H2,1H3. The van der Waals surface area contributed by atoms with E-state index in [9.17, 15) is 9.18 Å². The molecule has 31 heavy (non-hydrogen) atoms. The van der Waals surface area contributed by atoms with Crippen LogP contribution in [0.4, 0.5) is 4.39 Å². The molecular weight excluding hydrogens is 409 g/mol. The van der Waals surface area contributed by atoms with Crippen molar-refractivity contribution in [2.24, 2.45) is 0 Å². The number of ether oxygens (including phenoxy) is 1. The first-order valence-electron chi connectivity index (χ1n) is 10.2. The Labute approximate surface area is 183 Å². The van der Waals surface area contributed by atoms with Gasteiger partial charge in [-0.05, 0) is 81.9 Å². The molecule has 2 heterocycles. The van der Waals surface area contributed by atoms with E-state index >= 15 is 0 Å². The first kappa shape index (κ1) is 19.5. The van der Waals surface area contributed by atoms with Gasteiger partial charge in [0, 0.05) is 21.8 Å². The minimum Gasteiger partial charge on any atom is -0.466 e. The van der Waals surface area contributed by atoms with E-state index in [0.717, 1.165) is 49.6 Å². The zero-order chi connectivity index (χ0) is 21.4. The Morgan fingerprint density at radius 2 is 1.81 bits per heavy atom. The van der Waals surface area contributed by atoms with Crippen LogP contribution in [0.3, 0.4) is 0 Å². The Morgan fingerprint density at radius 1 is 0.968 bits per heavy atom. The number of carbonyl (C=O) groups excluding carboxylic acids is 1. The monoisotopic (exact) mass is 429 g/mol. The maximum atomic E-state index is 13.4. The highest BCUT2D eigenvalue weighted by Gasteiger charge is 2.18. The molecule has 2 aromatic heterocycles. The lowest BCUT2D eigenvalue weighted by Crippen LogP contribution is -2.08. The third-order valence-corrected chi connectivity index (χ3v) is 6.14. The van der Waals surface area contributed by atoms with Crippen LogP contribution in [0.25, 0.3) is 44.1 Å². The van der Waals surface area contributed by atoms with E-state index in [4.69, 9.17) is 4.74 Å². The Bertz CT molecular complexity index is 1390. The second-order valence-corrected chi connectivity index (χ2v) is 8.19. The normalized spacial score (nSPS) is 11.3. The number of carbonyl (C=O) groups is 1. The lowest BCUT2D eigenvalue weighted by Gasteiger charge is -2.10. The number of esters is 1.